The van der Waals surface area contributed by atoms with Gasteiger partial charge >= 0.3 is 6.18 Å². The smallest absolute Gasteiger partial charge is 0.416 e. The molecule has 25 heavy (non-hydrogen) atoms. The van der Waals surface area contributed by atoms with Crippen molar-refractivity contribution in [3.63, 3.8) is 0 Å². The van der Waals surface area contributed by atoms with Crippen molar-refractivity contribution >= 4 is 17.2 Å². The van der Waals surface area contributed by atoms with E-state index in [9.17, 15) is 13.2 Å². The summed E-state index contributed by atoms with van der Waals surface area (Å²) in [5, 5.41) is 2.81. The van der Waals surface area contributed by atoms with Crippen molar-refractivity contribution < 1.29 is 17.9 Å². The lowest BCUT2D eigenvalue weighted by atomic mass is 9.98. The molecule has 1 aromatic heterocycles. The van der Waals surface area contributed by atoms with Crippen molar-refractivity contribution in [1.29, 1.82) is 0 Å². The second-order valence-corrected chi connectivity index (χ2v) is 6.02. The van der Waals surface area contributed by atoms with E-state index in [1.54, 1.807) is 0 Å². The van der Waals surface area contributed by atoms with Crippen LogP contribution < -0.4 is 15.8 Å². The molecule has 0 bridgehead atoms. The number of hydrogen-bond donors (Lipinski definition) is 2. The average molecular weight is 352 g/mol. The first-order valence-corrected chi connectivity index (χ1v) is 8.15. The van der Waals surface area contributed by atoms with Gasteiger partial charge in [0.2, 0.25) is 5.88 Å². The number of rotatable bonds is 4. The van der Waals surface area contributed by atoms with Crippen LogP contribution in [0.1, 0.15) is 37.7 Å². The third-order valence-corrected chi connectivity index (χ3v) is 4.13. The van der Waals surface area contributed by atoms with Crippen LogP contribution >= 0.6 is 0 Å². The standard InChI is InChI=1S/C17H19F3N4O/c18-17(19,20)11-5-4-6-12(9-11)24-15-14(21)16(23-10-22-15)25-13-7-2-1-3-8-13/h4-6,9-10,13H,1-3,7-8,21H2,(H,22,23,24). The molecular formula is C17H19F3N4O. The van der Waals surface area contributed by atoms with Gasteiger partial charge in [0.05, 0.1) is 5.56 Å². The number of nitrogens with one attached hydrogen (secondary N) is 1. The van der Waals surface area contributed by atoms with Gasteiger partial charge in [-0.25, -0.2) is 4.98 Å². The lowest BCUT2D eigenvalue weighted by molar-refractivity contribution is -0.137. The minimum atomic E-state index is -4.41. The second kappa shape index (κ2) is 7.16. The van der Waals surface area contributed by atoms with Gasteiger partial charge in [-0.1, -0.05) is 12.5 Å². The lowest BCUT2D eigenvalue weighted by Crippen LogP contribution is -2.21. The molecule has 3 N–H and O–H groups in total. The fourth-order valence-corrected chi connectivity index (χ4v) is 2.82. The minimum Gasteiger partial charge on any atom is -0.473 e. The molecule has 2 aromatic rings. The molecule has 1 saturated carbocycles. The van der Waals surface area contributed by atoms with E-state index in [-0.39, 0.29) is 29.2 Å². The number of nitrogen functional groups attached to an aromatic ring is 1. The summed E-state index contributed by atoms with van der Waals surface area (Å²) in [5.41, 5.74) is 5.72. The van der Waals surface area contributed by atoms with Crippen LogP contribution in [0, 0.1) is 0 Å². The molecule has 1 aliphatic rings. The van der Waals surface area contributed by atoms with Gasteiger partial charge in [-0.15, -0.1) is 0 Å². The molecule has 0 aliphatic heterocycles. The highest BCUT2D eigenvalue weighted by atomic mass is 19.4. The SMILES string of the molecule is Nc1c(Nc2cccc(C(F)(F)F)c2)ncnc1OC1CCCCC1. The van der Waals surface area contributed by atoms with Crippen LogP contribution in [0.5, 0.6) is 5.88 Å². The molecular weight excluding hydrogens is 333 g/mol. The predicted octanol–water partition coefficient (Wildman–Crippen LogP) is 4.53. The Bertz CT molecular complexity index is 730. The summed E-state index contributed by atoms with van der Waals surface area (Å²) in [6.07, 6.45) is 2.22. The molecule has 8 heteroatoms. The molecule has 0 spiro atoms. The van der Waals surface area contributed by atoms with E-state index < -0.39 is 11.7 Å². The first kappa shape index (κ1) is 17.3. The average Bonchev–Trinajstić information content (AvgIpc) is 2.59. The van der Waals surface area contributed by atoms with Crippen molar-refractivity contribution in [3.05, 3.63) is 36.2 Å². The van der Waals surface area contributed by atoms with E-state index in [1.807, 2.05) is 0 Å². The number of benzene rings is 1. The Morgan fingerprint density at radius 3 is 2.60 bits per heavy atom. The number of anilines is 3. The second-order valence-electron chi connectivity index (χ2n) is 6.02. The summed E-state index contributed by atoms with van der Waals surface area (Å²) >= 11 is 0. The molecule has 0 atom stereocenters. The molecule has 0 saturated heterocycles. The van der Waals surface area contributed by atoms with Crippen molar-refractivity contribution in [1.82, 2.24) is 9.97 Å². The minimum absolute atomic E-state index is 0.0624. The maximum atomic E-state index is 12.8. The highest BCUT2D eigenvalue weighted by Gasteiger charge is 2.30. The molecule has 0 radical (unpaired) electrons. The Kier molecular flexibility index (Phi) is 4.96. The molecule has 0 amide bonds. The number of halogens is 3. The maximum Gasteiger partial charge on any atom is 0.416 e. The number of alkyl halides is 3. The monoisotopic (exact) mass is 352 g/mol. The van der Waals surface area contributed by atoms with Crippen molar-refractivity contribution in [2.45, 2.75) is 44.4 Å². The first-order chi connectivity index (χ1) is 11.9. The van der Waals surface area contributed by atoms with Gasteiger partial charge in [-0.3, -0.25) is 0 Å². The maximum absolute atomic E-state index is 12.8. The molecule has 134 valence electrons. The Balaban J connectivity index is 1.78. The van der Waals surface area contributed by atoms with E-state index in [0.29, 0.717) is 0 Å². The highest BCUT2D eigenvalue weighted by molar-refractivity contribution is 5.72. The number of hydrogen-bond acceptors (Lipinski definition) is 5. The molecule has 0 unspecified atom stereocenters. The van der Waals surface area contributed by atoms with Crippen LogP contribution in [-0.2, 0) is 6.18 Å². The van der Waals surface area contributed by atoms with E-state index in [4.69, 9.17) is 10.5 Å². The first-order valence-electron chi connectivity index (χ1n) is 8.15. The number of aromatic nitrogens is 2. The molecule has 3 rings (SSSR count). The van der Waals surface area contributed by atoms with Crippen molar-refractivity contribution in [2.24, 2.45) is 0 Å². The van der Waals surface area contributed by atoms with Gasteiger partial charge < -0.3 is 15.8 Å². The van der Waals surface area contributed by atoms with Gasteiger partial charge in [-0.05, 0) is 43.9 Å². The van der Waals surface area contributed by atoms with Crippen LogP contribution in [-0.4, -0.2) is 16.1 Å². The Hall–Kier alpha value is -2.51. The zero-order valence-corrected chi connectivity index (χ0v) is 13.5. The Morgan fingerprint density at radius 2 is 1.88 bits per heavy atom. The van der Waals surface area contributed by atoms with E-state index in [2.05, 4.69) is 15.3 Å². The molecule has 1 aliphatic carbocycles. The van der Waals surface area contributed by atoms with E-state index in [1.165, 1.54) is 24.9 Å². The van der Waals surface area contributed by atoms with Crippen LogP contribution in [0.4, 0.5) is 30.4 Å². The Labute approximate surface area is 143 Å². The van der Waals surface area contributed by atoms with E-state index >= 15 is 0 Å². The topological polar surface area (TPSA) is 73.1 Å². The van der Waals surface area contributed by atoms with Gasteiger partial charge in [0.1, 0.15) is 18.1 Å². The number of nitrogens with zero attached hydrogens (tertiary/aromatic N) is 2. The lowest BCUT2D eigenvalue weighted by Gasteiger charge is -2.23. The Morgan fingerprint density at radius 1 is 1.12 bits per heavy atom. The quantitative estimate of drug-likeness (QED) is 0.845. The van der Waals surface area contributed by atoms with Crippen LogP contribution in [0.15, 0.2) is 30.6 Å². The fraction of sp³-hybridized carbons (Fsp3) is 0.412. The summed E-state index contributed by atoms with van der Waals surface area (Å²) in [6, 6.07) is 4.84. The molecule has 1 heterocycles. The van der Waals surface area contributed by atoms with Crippen molar-refractivity contribution in [3.8, 4) is 5.88 Å². The summed E-state index contributed by atoms with van der Waals surface area (Å²) in [7, 11) is 0. The van der Waals surface area contributed by atoms with Crippen molar-refractivity contribution in [2.75, 3.05) is 11.1 Å². The molecule has 5 nitrogen and oxygen atoms in total. The normalized spacial score (nSPS) is 15.8. The zero-order chi connectivity index (χ0) is 17.9. The van der Waals surface area contributed by atoms with Crippen LogP contribution in [0.3, 0.4) is 0 Å². The number of nitrogens with two attached hydrogens (primary N) is 1. The molecule has 1 aromatic carbocycles. The number of ether oxygens (including phenoxy) is 1. The van der Waals surface area contributed by atoms with Gasteiger partial charge in [0, 0.05) is 5.69 Å². The van der Waals surface area contributed by atoms with Gasteiger partial charge in [0.25, 0.3) is 0 Å². The third-order valence-electron chi connectivity index (χ3n) is 4.13. The van der Waals surface area contributed by atoms with Crippen LogP contribution in [0.25, 0.3) is 0 Å². The fourth-order valence-electron chi connectivity index (χ4n) is 2.82. The molecule has 1 fully saturated rings. The van der Waals surface area contributed by atoms with Gasteiger partial charge in [0.15, 0.2) is 5.82 Å². The third kappa shape index (κ3) is 4.32. The summed E-state index contributed by atoms with van der Waals surface area (Å²) in [4.78, 5) is 8.06. The highest BCUT2D eigenvalue weighted by Crippen LogP contribution is 2.33. The van der Waals surface area contributed by atoms with Crippen LogP contribution in [0.2, 0.25) is 0 Å². The summed E-state index contributed by atoms with van der Waals surface area (Å²) in [6.45, 7) is 0. The zero-order valence-electron chi connectivity index (χ0n) is 13.5. The van der Waals surface area contributed by atoms with Gasteiger partial charge in [-0.2, -0.15) is 18.2 Å². The largest absolute Gasteiger partial charge is 0.473 e. The summed E-state index contributed by atoms with van der Waals surface area (Å²) < 4.78 is 44.3. The predicted molar refractivity (Wildman–Crippen MR) is 88.7 cm³/mol. The summed E-state index contributed by atoms with van der Waals surface area (Å²) in [5.74, 6) is 0.483. The van der Waals surface area contributed by atoms with E-state index in [0.717, 1.165) is 37.8 Å².